The molecule has 16 heavy (non-hydrogen) atoms. The first-order valence-electron chi connectivity index (χ1n) is 4.81. The Morgan fingerprint density at radius 1 is 1.06 bits per heavy atom. The maximum Gasteiger partial charge on any atom is 0.203 e. The topological polar surface area (TPSA) is 68.6 Å². The molecule has 2 rings (SSSR count). The van der Waals surface area contributed by atoms with Crippen molar-refractivity contribution >= 4 is 6.29 Å². The van der Waals surface area contributed by atoms with E-state index in [0.717, 1.165) is 17.4 Å². The van der Waals surface area contributed by atoms with Gasteiger partial charge < -0.3 is 0 Å². The van der Waals surface area contributed by atoms with Crippen molar-refractivity contribution in [2.24, 2.45) is 0 Å². The molecular weight excluding hydrogens is 204 g/mol. The van der Waals surface area contributed by atoms with Crippen LogP contribution >= 0.6 is 0 Å². The fourth-order valence-electron chi connectivity index (χ4n) is 1.34. The van der Waals surface area contributed by atoms with Crippen molar-refractivity contribution in [3.05, 3.63) is 35.2 Å². The molecule has 0 aliphatic rings. The number of hydrogen-bond acceptors (Lipinski definition) is 5. The highest BCUT2D eigenvalue weighted by Gasteiger charge is 2.05. The lowest BCUT2D eigenvalue weighted by Crippen LogP contribution is -1.99. The normalized spacial score (nSPS) is 10.1. The predicted molar refractivity (Wildman–Crippen MR) is 57.9 cm³/mol. The van der Waals surface area contributed by atoms with E-state index in [9.17, 15) is 4.79 Å². The van der Waals surface area contributed by atoms with Gasteiger partial charge in [0.2, 0.25) is 5.82 Å². The van der Waals surface area contributed by atoms with E-state index in [1.54, 1.807) is 19.1 Å². The Hall–Kier alpha value is -2.17. The molecule has 1 aromatic carbocycles. The minimum atomic E-state index is 0.464. The van der Waals surface area contributed by atoms with Crippen molar-refractivity contribution < 1.29 is 4.79 Å². The maximum absolute atomic E-state index is 10.7. The monoisotopic (exact) mass is 214 g/mol. The second kappa shape index (κ2) is 4.14. The fraction of sp³-hybridized carbons (Fsp3) is 0.182. The Morgan fingerprint density at radius 3 is 2.31 bits per heavy atom. The molecule has 0 saturated heterocycles. The van der Waals surface area contributed by atoms with Gasteiger partial charge in [0.25, 0.3) is 0 Å². The lowest BCUT2D eigenvalue weighted by Gasteiger charge is -2.02. The summed E-state index contributed by atoms with van der Waals surface area (Å²) in [4.78, 5) is 10.7. The first-order valence-corrected chi connectivity index (χ1v) is 4.81. The third-order valence-electron chi connectivity index (χ3n) is 2.23. The molecule has 0 bridgehead atoms. The summed E-state index contributed by atoms with van der Waals surface area (Å²) in [5.41, 5.74) is 2.36. The van der Waals surface area contributed by atoms with Crippen molar-refractivity contribution in [1.82, 2.24) is 20.4 Å². The summed E-state index contributed by atoms with van der Waals surface area (Å²) in [6, 6.07) is 5.36. The largest absolute Gasteiger partial charge is 0.298 e. The van der Waals surface area contributed by atoms with E-state index in [1.807, 2.05) is 13.0 Å². The van der Waals surface area contributed by atoms with Crippen LogP contribution in [-0.2, 0) is 0 Å². The summed E-state index contributed by atoms with van der Waals surface area (Å²) in [7, 11) is 0. The highest BCUT2D eigenvalue weighted by molar-refractivity contribution is 5.78. The molecule has 0 spiro atoms. The number of hydrogen-bond donors (Lipinski definition) is 0. The van der Waals surface area contributed by atoms with Crippen LogP contribution in [0.1, 0.15) is 21.7 Å². The average molecular weight is 214 g/mol. The van der Waals surface area contributed by atoms with Crippen molar-refractivity contribution in [3.8, 4) is 11.4 Å². The molecule has 5 nitrogen and oxygen atoms in total. The summed E-state index contributed by atoms with van der Waals surface area (Å²) < 4.78 is 0. The molecular formula is C11H10N4O. The van der Waals surface area contributed by atoms with Gasteiger partial charge in [0.1, 0.15) is 6.29 Å². The summed E-state index contributed by atoms with van der Waals surface area (Å²) in [6.07, 6.45) is 0.825. The Bertz CT molecular complexity index is 522. The molecule has 0 saturated carbocycles. The van der Waals surface area contributed by atoms with E-state index in [1.165, 1.54) is 0 Å². The first kappa shape index (κ1) is 10.4. The molecule has 0 aliphatic heterocycles. The number of aryl methyl sites for hydroxylation is 2. The van der Waals surface area contributed by atoms with Crippen LogP contribution in [0.2, 0.25) is 0 Å². The molecule has 5 heteroatoms. The summed E-state index contributed by atoms with van der Waals surface area (Å²) in [5.74, 6) is 0.996. The Kier molecular flexibility index (Phi) is 2.68. The van der Waals surface area contributed by atoms with Crippen LogP contribution in [0.5, 0.6) is 0 Å². The van der Waals surface area contributed by atoms with Crippen molar-refractivity contribution in [1.29, 1.82) is 0 Å². The number of nitrogens with zero attached hydrogens (tertiary/aromatic N) is 4. The number of carbonyl (C=O) groups is 1. The highest BCUT2D eigenvalue weighted by atomic mass is 16.1. The molecule has 1 heterocycles. The van der Waals surface area contributed by atoms with Crippen LogP contribution in [0, 0.1) is 13.8 Å². The second-order valence-corrected chi connectivity index (χ2v) is 3.46. The van der Waals surface area contributed by atoms with Crippen molar-refractivity contribution in [3.63, 3.8) is 0 Å². The molecule has 0 aliphatic carbocycles. The van der Waals surface area contributed by atoms with E-state index in [0.29, 0.717) is 17.2 Å². The average Bonchev–Trinajstić information content (AvgIpc) is 2.30. The summed E-state index contributed by atoms with van der Waals surface area (Å²) >= 11 is 0. The van der Waals surface area contributed by atoms with Gasteiger partial charge >= 0.3 is 0 Å². The van der Waals surface area contributed by atoms with Gasteiger partial charge in [-0.15, -0.1) is 20.4 Å². The Morgan fingerprint density at radius 2 is 1.75 bits per heavy atom. The maximum atomic E-state index is 10.7. The third kappa shape index (κ3) is 1.93. The lowest BCUT2D eigenvalue weighted by molar-refractivity contribution is 0.112. The minimum Gasteiger partial charge on any atom is -0.298 e. The van der Waals surface area contributed by atoms with Gasteiger partial charge in [0, 0.05) is 11.1 Å². The van der Waals surface area contributed by atoms with Crippen molar-refractivity contribution in [2.45, 2.75) is 13.8 Å². The molecule has 0 unspecified atom stereocenters. The second-order valence-electron chi connectivity index (χ2n) is 3.46. The van der Waals surface area contributed by atoms with E-state index in [2.05, 4.69) is 20.4 Å². The highest BCUT2D eigenvalue weighted by Crippen LogP contribution is 2.16. The van der Waals surface area contributed by atoms with Crippen LogP contribution < -0.4 is 0 Å². The smallest absolute Gasteiger partial charge is 0.203 e. The van der Waals surface area contributed by atoms with Crippen LogP contribution in [0.4, 0.5) is 0 Å². The number of aromatic nitrogens is 4. The van der Waals surface area contributed by atoms with Gasteiger partial charge in [-0.1, -0.05) is 12.1 Å². The predicted octanol–water partition coefficient (Wildman–Crippen LogP) is 1.36. The van der Waals surface area contributed by atoms with Gasteiger partial charge in [-0.2, -0.15) is 0 Å². The molecule has 0 fully saturated rings. The zero-order valence-corrected chi connectivity index (χ0v) is 9.01. The number of benzene rings is 1. The number of carbonyl (C=O) groups excluding carboxylic acids is 1. The Balaban J connectivity index is 2.45. The standard InChI is InChI=1S/C11H10N4O/c1-7-5-9(3-4-10(7)6-16)11-14-12-8(2)13-15-11/h3-6H,1-2H3. The van der Waals surface area contributed by atoms with Gasteiger partial charge in [-0.3, -0.25) is 4.79 Å². The lowest BCUT2D eigenvalue weighted by atomic mass is 10.1. The van der Waals surface area contributed by atoms with Gasteiger partial charge in [-0.25, -0.2) is 0 Å². The molecule has 0 amide bonds. The zero-order chi connectivity index (χ0) is 11.5. The minimum absolute atomic E-state index is 0.464. The van der Waals surface area contributed by atoms with Gasteiger partial charge in [-0.05, 0) is 25.5 Å². The van der Waals surface area contributed by atoms with Crippen LogP contribution in [-0.4, -0.2) is 26.7 Å². The fourth-order valence-corrected chi connectivity index (χ4v) is 1.34. The van der Waals surface area contributed by atoms with Crippen molar-refractivity contribution in [2.75, 3.05) is 0 Å². The molecule has 0 radical (unpaired) electrons. The number of rotatable bonds is 2. The van der Waals surface area contributed by atoms with Crippen LogP contribution in [0.3, 0.4) is 0 Å². The quantitative estimate of drug-likeness (QED) is 0.706. The zero-order valence-electron chi connectivity index (χ0n) is 9.01. The van der Waals surface area contributed by atoms with Crippen LogP contribution in [0.15, 0.2) is 18.2 Å². The van der Waals surface area contributed by atoms with Gasteiger partial charge in [0.05, 0.1) is 0 Å². The van der Waals surface area contributed by atoms with Crippen LogP contribution in [0.25, 0.3) is 11.4 Å². The van der Waals surface area contributed by atoms with E-state index < -0.39 is 0 Å². The summed E-state index contributed by atoms with van der Waals surface area (Å²) in [5, 5.41) is 15.5. The molecule has 80 valence electrons. The summed E-state index contributed by atoms with van der Waals surface area (Å²) in [6.45, 7) is 3.59. The molecule has 0 N–H and O–H groups in total. The molecule has 1 aromatic heterocycles. The third-order valence-corrected chi connectivity index (χ3v) is 2.23. The van der Waals surface area contributed by atoms with Gasteiger partial charge in [0.15, 0.2) is 5.82 Å². The van der Waals surface area contributed by atoms with E-state index in [-0.39, 0.29) is 0 Å². The first-order chi connectivity index (χ1) is 7.70. The molecule has 0 atom stereocenters. The van der Waals surface area contributed by atoms with E-state index in [4.69, 9.17) is 0 Å². The number of aldehydes is 1. The Labute approximate surface area is 92.6 Å². The molecule has 2 aromatic rings. The SMILES string of the molecule is Cc1nnc(-c2ccc(C=O)c(C)c2)nn1. The van der Waals surface area contributed by atoms with E-state index >= 15 is 0 Å².